The molecule has 6 unspecified atom stereocenters. The zero-order valence-electron chi connectivity index (χ0n) is 45.8. The molecule has 0 aliphatic carbocycles. The smallest absolute Gasteiger partial charge is 0.366 e. The summed E-state index contributed by atoms with van der Waals surface area (Å²) in [6, 6.07) is -1.83. The zero-order valence-corrected chi connectivity index (χ0v) is 45.8. The fourth-order valence-corrected chi connectivity index (χ4v) is 11.5. The van der Waals surface area contributed by atoms with E-state index in [2.05, 4.69) is 37.7 Å². The van der Waals surface area contributed by atoms with Crippen LogP contribution in [0.4, 0.5) is 0 Å². The number of methoxy groups -OCH3 is 2. The molecule has 5 N–H and O–H groups in total. The van der Waals surface area contributed by atoms with Gasteiger partial charge < -0.3 is 82.9 Å². The average Bonchev–Trinajstić information content (AvgIpc) is 3.86. The number of nitrogens with zero attached hydrogens (tertiary/aromatic N) is 3. The van der Waals surface area contributed by atoms with Gasteiger partial charge in [-0.2, -0.15) is 0 Å². The molecule has 6 aliphatic rings. The predicted molar refractivity (Wildman–Crippen MR) is 262 cm³/mol. The van der Waals surface area contributed by atoms with E-state index in [-0.39, 0.29) is 61.6 Å². The Hall–Kier alpha value is -2.35. The maximum atomic E-state index is 14.4. The van der Waals surface area contributed by atoms with Crippen molar-refractivity contribution >= 4 is 11.9 Å². The first-order chi connectivity index (χ1) is 34.4. The van der Waals surface area contributed by atoms with E-state index >= 15 is 0 Å². The standard InChI is InChI=1S/C51H89N5O17/c1-15-33-40(70-48(9,10)68-33)42-38(52)32(57)22-50(72-42,46(58)60-13)63-25-37-29(6)27(4)31(8)45(67-37)65-35-23-51(47(59)61-14,73-43(39(35)53)41-34(16-2)69-49(11,12)71-41)64-24-36-28(5)26(3)30(7)44(66-36)62-21-19-17-18-20-55-56-54/h26-45,57H,15-25,52-53H2,1-14H3/t26-,27-,28+,29+,30?,31?,32+,33+,34+,35+,36?,37?,38+,39+,40+,41+,42?,43?,44-,45-,50+,51+/m0/s1. The lowest BCUT2D eigenvalue weighted by Crippen LogP contribution is -2.68. The number of aliphatic hydroxyl groups is 1. The average molecular weight is 1040 g/mol. The fourth-order valence-electron chi connectivity index (χ4n) is 11.5. The molecule has 0 aromatic heterocycles. The molecular formula is C51H89N5O17. The van der Waals surface area contributed by atoms with Gasteiger partial charge in [-0.15, -0.1) is 0 Å². The van der Waals surface area contributed by atoms with Gasteiger partial charge in [0.05, 0.1) is 76.1 Å². The monoisotopic (exact) mass is 1040 g/mol. The third kappa shape index (κ3) is 13.3. The van der Waals surface area contributed by atoms with Gasteiger partial charge in [-0.25, -0.2) is 9.59 Å². The molecule has 6 heterocycles. The van der Waals surface area contributed by atoms with Crippen LogP contribution in [0.1, 0.15) is 128 Å². The van der Waals surface area contributed by atoms with Crippen LogP contribution in [0.15, 0.2) is 5.11 Å². The molecule has 6 rings (SSSR count). The predicted octanol–water partition coefficient (Wildman–Crippen LogP) is 5.36. The summed E-state index contributed by atoms with van der Waals surface area (Å²) in [4.78, 5) is 31.0. The summed E-state index contributed by atoms with van der Waals surface area (Å²) in [6.07, 6.45) is -6.23. The highest BCUT2D eigenvalue weighted by Crippen LogP contribution is 2.46. The lowest BCUT2D eigenvalue weighted by molar-refractivity contribution is -0.350. The number of azide groups is 1. The summed E-state index contributed by atoms with van der Waals surface area (Å²) in [5.74, 6) is -7.91. The maximum absolute atomic E-state index is 14.4. The van der Waals surface area contributed by atoms with E-state index < -0.39 is 121 Å². The van der Waals surface area contributed by atoms with Crippen LogP contribution in [0.2, 0.25) is 0 Å². The van der Waals surface area contributed by atoms with Gasteiger partial charge >= 0.3 is 11.9 Å². The van der Waals surface area contributed by atoms with E-state index in [1.54, 1.807) is 13.8 Å². The normalized spacial score (nSPS) is 44.6. The molecule has 0 bridgehead atoms. The zero-order chi connectivity index (χ0) is 53.8. The number of rotatable bonds is 21. The number of hydrogen-bond donors (Lipinski definition) is 3. The topological polar surface area (TPSA) is 284 Å². The number of hydrogen-bond acceptors (Lipinski definition) is 20. The van der Waals surface area contributed by atoms with Gasteiger partial charge in [0.1, 0.15) is 24.4 Å². The SMILES string of the molecule is CC[C@H]1OC(C)(C)O[C@H]1C1O[C@@](OCC2O[C@H](O[C@@H]3C[C@](OCC4O[C@H](OCCCCCN=[N+]=[N-])C(C)[C@@H](C)[C@H]4C)(C(=O)OC)OC([C@@H]4OC(C)(C)O[C@@H]4CC)[C@@H]3N)C(C)[C@@H](C)[C@H]2C)(C(=O)OC)C[C@@H](O)[C@H]1N. The van der Waals surface area contributed by atoms with Crippen LogP contribution in [-0.2, 0) is 75.9 Å². The van der Waals surface area contributed by atoms with E-state index in [1.165, 1.54) is 14.2 Å². The summed E-state index contributed by atoms with van der Waals surface area (Å²) < 4.78 is 89.3. The third-order valence-electron chi connectivity index (χ3n) is 16.6. The van der Waals surface area contributed by atoms with Crippen molar-refractivity contribution in [3.63, 3.8) is 0 Å². The Morgan fingerprint density at radius 3 is 1.60 bits per heavy atom. The van der Waals surface area contributed by atoms with Crippen molar-refractivity contribution in [1.29, 1.82) is 0 Å². The van der Waals surface area contributed by atoms with Gasteiger partial charge in [0.25, 0.3) is 11.6 Å². The number of unbranched alkanes of at least 4 members (excludes halogenated alkanes) is 2. The van der Waals surface area contributed by atoms with E-state index in [0.717, 1.165) is 19.3 Å². The van der Waals surface area contributed by atoms with Crippen molar-refractivity contribution in [2.75, 3.05) is 40.6 Å². The van der Waals surface area contributed by atoms with Crippen LogP contribution in [-0.4, -0.2) is 166 Å². The van der Waals surface area contributed by atoms with Crippen molar-refractivity contribution in [2.45, 2.75) is 237 Å². The molecule has 22 atom stereocenters. The quantitative estimate of drug-likeness (QED) is 0.0429. The van der Waals surface area contributed by atoms with E-state index in [0.29, 0.717) is 26.0 Å². The highest BCUT2D eigenvalue weighted by atomic mass is 16.8. The Morgan fingerprint density at radius 1 is 0.630 bits per heavy atom. The van der Waals surface area contributed by atoms with Gasteiger partial charge in [0.15, 0.2) is 24.2 Å². The van der Waals surface area contributed by atoms with E-state index in [1.807, 2.05) is 41.5 Å². The lowest BCUT2D eigenvalue weighted by Gasteiger charge is -2.51. The first-order valence-corrected chi connectivity index (χ1v) is 26.7. The van der Waals surface area contributed by atoms with Gasteiger partial charge in [-0.3, -0.25) is 0 Å². The molecule has 6 fully saturated rings. The molecule has 73 heavy (non-hydrogen) atoms. The van der Waals surface area contributed by atoms with Crippen molar-refractivity contribution in [1.82, 2.24) is 0 Å². The number of carbonyl (C=O) groups is 2. The summed E-state index contributed by atoms with van der Waals surface area (Å²) in [7, 11) is 2.49. The number of esters is 2. The van der Waals surface area contributed by atoms with Crippen molar-refractivity contribution in [2.24, 2.45) is 52.1 Å². The van der Waals surface area contributed by atoms with Crippen molar-refractivity contribution < 1.29 is 81.0 Å². The Labute approximate surface area is 431 Å². The van der Waals surface area contributed by atoms with Crippen LogP contribution < -0.4 is 11.5 Å². The number of nitrogens with two attached hydrogens (primary N) is 2. The van der Waals surface area contributed by atoms with Crippen molar-refractivity contribution in [3.05, 3.63) is 10.4 Å². The van der Waals surface area contributed by atoms with Gasteiger partial charge in [0.2, 0.25) is 0 Å². The van der Waals surface area contributed by atoms with Crippen LogP contribution in [0.25, 0.3) is 10.4 Å². The lowest BCUT2D eigenvalue weighted by atomic mass is 9.79. The second-order valence-electron chi connectivity index (χ2n) is 22.3. The minimum Gasteiger partial charge on any atom is -0.465 e. The Kier molecular flexibility index (Phi) is 20.5. The molecular weight excluding hydrogens is 955 g/mol. The molecule has 0 aromatic carbocycles. The highest BCUT2D eigenvalue weighted by molar-refractivity contribution is 5.78. The Balaban J connectivity index is 1.25. The molecule has 0 aromatic rings. The minimum absolute atomic E-state index is 0.00767. The molecule has 420 valence electrons. The molecule has 0 spiro atoms. The molecule has 6 aliphatic heterocycles. The second-order valence-corrected chi connectivity index (χ2v) is 22.3. The molecule has 6 saturated heterocycles. The fraction of sp³-hybridized carbons (Fsp3) is 0.961. The Morgan fingerprint density at radius 2 is 1.11 bits per heavy atom. The summed E-state index contributed by atoms with van der Waals surface area (Å²) in [5, 5.41) is 15.0. The molecule has 0 saturated carbocycles. The molecule has 0 amide bonds. The van der Waals surface area contributed by atoms with Crippen LogP contribution in [0, 0.1) is 35.5 Å². The molecule has 22 heteroatoms. The highest BCUT2D eigenvalue weighted by Gasteiger charge is 2.61. The van der Waals surface area contributed by atoms with Gasteiger partial charge in [-0.1, -0.05) is 66.9 Å². The maximum Gasteiger partial charge on any atom is 0.366 e. The molecule has 22 nitrogen and oxygen atoms in total. The van der Waals surface area contributed by atoms with E-state index in [4.69, 9.17) is 83.3 Å². The third-order valence-corrected chi connectivity index (χ3v) is 16.6. The first-order valence-electron chi connectivity index (χ1n) is 26.7. The second kappa shape index (κ2) is 25.0. The largest absolute Gasteiger partial charge is 0.465 e. The number of carbonyl (C=O) groups excluding carboxylic acids is 2. The van der Waals surface area contributed by atoms with Gasteiger partial charge in [0, 0.05) is 42.7 Å². The summed E-state index contributed by atoms with van der Waals surface area (Å²) in [6.45, 7) is 24.2. The van der Waals surface area contributed by atoms with Gasteiger partial charge in [-0.05, 0) is 82.6 Å². The molecule has 0 radical (unpaired) electrons. The number of ether oxygens (including phenoxy) is 14. The summed E-state index contributed by atoms with van der Waals surface area (Å²) >= 11 is 0. The van der Waals surface area contributed by atoms with Crippen LogP contribution in [0.3, 0.4) is 0 Å². The minimum atomic E-state index is -2.08. The number of aliphatic hydroxyl groups excluding tert-OH is 1. The van der Waals surface area contributed by atoms with E-state index in [9.17, 15) is 14.7 Å². The Bertz CT molecular complexity index is 1860. The summed E-state index contributed by atoms with van der Waals surface area (Å²) in [5.41, 5.74) is 22.4. The van der Waals surface area contributed by atoms with Crippen LogP contribution in [0.5, 0.6) is 0 Å². The first kappa shape index (κ1) is 59.9. The van der Waals surface area contributed by atoms with Crippen LogP contribution >= 0.6 is 0 Å². The van der Waals surface area contributed by atoms with Crippen molar-refractivity contribution in [3.8, 4) is 0 Å².